The number of aliphatic hydroxyl groups is 3. The van der Waals surface area contributed by atoms with Gasteiger partial charge in [-0.2, -0.15) is 0 Å². The Morgan fingerprint density at radius 3 is 2.48 bits per heavy atom. The third-order valence-electron chi connectivity index (χ3n) is 9.73. The lowest BCUT2D eigenvalue weighted by Gasteiger charge is -2.45. The van der Waals surface area contributed by atoms with Crippen molar-refractivity contribution >= 4 is 0 Å². The van der Waals surface area contributed by atoms with Gasteiger partial charge in [0.15, 0.2) is 0 Å². The molecule has 0 bridgehead atoms. The SMILES string of the molecule is C=C1[C@H](O)CC(=C/C=C2\CCC[C@]3(C)[C@@H]([C@H](C)CN4CCC[C@H]4C(C)(C)O)CC[C@@H]23)C[C@H]1O. The van der Waals surface area contributed by atoms with Crippen molar-refractivity contribution in [3.8, 4) is 0 Å². The highest BCUT2D eigenvalue weighted by molar-refractivity contribution is 5.29. The van der Waals surface area contributed by atoms with Crippen LogP contribution in [0.25, 0.3) is 0 Å². The van der Waals surface area contributed by atoms with Gasteiger partial charge in [0.1, 0.15) is 0 Å². The Bertz CT molecular complexity index is 777. The Labute approximate surface area is 201 Å². The summed E-state index contributed by atoms with van der Waals surface area (Å²) in [4.78, 5) is 2.57. The van der Waals surface area contributed by atoms with Crippen LogP contribution >= 0.6 is 0 Å². The van der Waals surface area contributed by atoms with Crippen molar-refractivity contribution in [2.45, 2.75) is 109 Å². The lowest BCUT2D eigenvalue weighted by Crippen LogP contribution is -2.48. The van der Waals surface area contributed by atoms with Crippen molar-refractivity contribution < 1.29 is 15.3 Å². The molecular weight excluding hydrogens is 410 g/mol. The number of nitrogens with zero attached hydrogens (tertiary/aromatic N) is 1. The van der Waals surface area contributed by atoms with E-state index in [2.05, 4.69) is 37.5 Å². The molecule has 3 N–H and O–H groups in total. The fraction of sp³-hybridized carbons (Fsp3) is 0.793. The molecule has 3 aliphatic carbocycles. The molecule has 186 valence electrons. The lowest BCUT2D eigenvalue weighted by atomic mass is 9.61. The van der Waals surface area contributed by atoms with Gasteiger partial charge in [0, 0.05) is 12.6 Å². The Balaban J connectivity index is 1.46. The molecular formula is C29H47NO3. The maximum atomic E-state index is 10.7. The molecule has 0 aromatic heterocycles. The van der Waals surface area contributed by atoms with Gasteiger partial charge in [-0.15, -0.1) is 0 Å². The number of likely N-dealkylation sites (tertiary alicyclic amines) is 1. The van der Waals surface area contributed by atoms with Gasteiger partial charge in [-0.1, -0.05) is 43.7 Å². The molecule has 0 unspecified atom stereocenters. The molecule has 0 aromatic rings. The molecule has 4 nitrogen and oxygen atoms in total. The third kappa shape index (κ3) is 5.05. The van der Waals surface area contributed by atoms with Crippen LogP contribution in [0, 0.1) is 23.2 Å². The normalized spacial score (nSPS) is 40.3. The van der Waals surface area contributed by atoms with Crippen LogP contribution in [0.4, 0.5) is 0 Å². The first-order valence-electron chi connectivity index (χ1n) is 13.4. The average molecular weight is 458 g/mol. The van der Waals surface area contributed by atoms with E-state index in [4.69, 9.17) is 0 Å². The van der Waals surface area contributed by atoms with Crippen LogP contribution in [0.3, 0.4) is 0 Å². The summed E-state index contributed by atoms with van der Waals surface area (Å²) >= 11 is 0. The van der Waals surface area contributed by atoms with Gasteiger partial charge in [-0.05, 0) is 107 Å². The smallest absolute Gasteiger partial charge is 0.0809 e. The first-order valence-corrected chi connectivity index (χ1v) is 13.4. The van der Waals surface area contributed by atoms with E-state index in [-0.39, 0.29) is 6.04 Å². The highest BCUT2D eigenvalue weighted by Crippen LogP contribution is 2.59. The van der Waals surface area contributed by atoms with Crippen LogP contribution in [-0.2, 0) is 0 Å². The molecule has 4 heteroatoms. The minimum atomic E-state index is -0.626. The molecule has 3 saturated carbocycles. The van der Waals surface area contributed by atoms with Gasteiger partial charge >= 0.3 is 0 Å². The van der Waals surface area contributed by atoms with Gasteiger partial charge in [-0.3, -0.25) is 4.90 Å². The fourth-order valence-electron chi connectivity index (χ4n) is 7.98. The van der Waals surface area contributed by atoms with E-state index in [0.29, 0.717) is 35.7 Å². The van der Waals surface area contributed by atoms with Gasteiger partial charge < -0.3 is 15.3 Å². The highest BCUT2D eigenvalue weighted by atomic mass is 16.3. The quantitative estimate of drug-likeness (QED) is 0.509. The zero-order valence-corrected chi connectivity index (χ0v) is 21.4. The van der Waals surface area contributed by atoms with Gasteiger partial charge in [0.05, 0.1) is 17.8 Å². The monoisotopic (exact) mass is 457 g/mol. The summed E-state index contributed by atoms with van der Waals surface area (Å²) in [5.74, 6) is 2.01. The molecule has 1 saturated heterocycles. The zero-order valence-electron chi connectivity index (χ0n) is 21.4. The van der Waals surface area contributed by atoms with Crippen LogP contribution in [0.2, 0.25) is 0 Å². The molecule has 0 aromatic carbocycles. The largest absolute Gasteiger partial charge is 0.389 e. The number of rotatable bonds is 5. The van der Waals surface area contributed by atoms with Crippen molar-refractivity contribution in [1.29, 1.82) is 0 Å². The summed E-state index contributed by atoms with van der Waals surface area (Å²) in [5.41, 5.74) is 3.00. The van der Waals surface area contributed by atoms with Crippen molar-refractivity contribution in [2.24, 2.45) is 23.2 Å². The van der Waals surface area contributed by atoms with E-state index in [9.17, 15) is 15.3 Å². The standard InChI is InChI=1S/C29H47NO3/c1-19(18-30-15-7-9-27(30)28(3,4)33)23-12-13-24-22(8-6-14-29(23,24)5)11-10-21-16-25(31)20(2)26(32)17-21/h10-11,19,23-27,31-33H,2,6-9,12-18H2,1,3-5H3/b22-11+/t19-,23-,24+,25-,26-,27+,29-/m1/s1. The van der Waals surface area contributed by atoms with E-state index in [1.807, 2.05) is 13.8 Å². The Kier molecular flexibility index (Phi) is 7.32. The number of hydrogen-bond donors (Lipinski definition) is 3. The zero-order chi connectivity index (χ0) is 24.0. The third-order valence-corrected chi connectivity index (χ3v) is 9.73. The molecule has 4 fully saturated rings. The molecule has 33 heavy (non-hydrogen) atoms. The predicted octanol–water partition coefficient (Wildman–Crippen LogP) is 5.00. The highest BCUT2D eigenvalue weighted by Gasteiger charge is 2.51. The molecule has 1 heterocycles. The van der Waals surface area contributed by atoms with E-state index in [0.717, 1.165) is 31.0 Å². The molecule has 0 amide bonds. The molecule has 1 aliphatic heterocycles. The fourth-order valence-corrected chi connectivity index (χ4v) is 7.98. The molecule has 0 spiro atoms. The van der Waals surface area contributed by atoms with Gasteiger partial charge in [0.25, 0.3) is 0 Å². The maximum Gasteiger partial charge on any atom is 0.0809 e. The Hall–Kier alpha value is -0.940. The predicted molar refractivity (Wildman–Crippen MR) is 135 cm³/mol. The summed E-state index contributed by atoms with van der Waals surface area (Å²) in [6.45, 7) is 15.0. The first-order chi connectivity index (χ1) is 15.5. The molecule has 4 rings (SSSR count). The van der Waals surface area contributed by atoms with Crippen molar-refractivity contribution in [3.05, 3.63) is 35.5 Å². The second-order valence-corrected chi connectivity index (χ2v) is 12.5. The van der Waals surface area contributed by atoms with Crippen LogP contribution in [-0.4, -0.2) is 57.2 Å². The molecule has 0 radical (unpaired) electrons. The average Bonchev–Trinajstić information content (AvgIpc) is 3.34. The second-order valence-electron chi connectivity index (χ2n) is 12.5. The summed E-state index contributed by atoms with van der Waals surface area (Å²) < 4.78 is 0. The Morgan fingerprint density at radius 1 is 1.12 bits per heavy atom. The van der Waals surface area contributed by atoms with E-state index >= 15 is 0 Å². The van der Waals surface area contributed by atoms with Crippen molar-refractivity contribution in [3.63, 3.8) is 0 Å². The minimum Gasteiger partial charge on any atom is -0.389 e. The second kappa shape index (κ2) is 9.60. The van der Waals surface area contributed by atoms with Crippen LogP contribution in [0.5, 0.6) is 0 Å². The number of fused-ring (bicyclic) bond motifs is 1. The molecule has 7 atom stereocenters. The van der Waals surface area contributed by atoms with E-state index in [1.54, 1.807) is 5.57 Å². The van der Waals surface area contributed by atoms with Gasteiger partial charge in [0.2, 0.25) is 0 Å². The van der Waals surface area contributed by atoms with Crippen LogP contribution in [0.1, 0.15) is 85.5 Å². The number of allylic oxidation sites excluding steroid dienone is 3. The first kappa shape index (κ1) is 25.2. The summed E-state index contributed by atoms with van der Waals surface area (Å²) in [7, 11) is 0. The number of hydrogen-bond acceptors (Lipinski definition) is 4. The summed E-state index contributed by atoms with van der Waals surface area (Å²) in [6, 6.07) is 0.288. The van der Waals surface area contributed by atoms with Crippen molar-refractivity contribution in [1.82, 2.24) is 4.90 Å². The van der Waals surface area contributed by atoms with E-state index in [1.165, 1.54) is 38.5 Å². The van der Waals surface area contributed by atoms with Gasteiger partial charge in [-0.25, -0.2) is 0 Å². The number of aliphatic hydroxyl groups excluding tert-OH is 2. The van der Waals surface area contributed by atoms with Crippen LogP contribution < -0.4 is 0 Å². The minimum absolute atomic E-state index is 0.288. The topological polar surface area (TPSA) is 63.9 Å². The maximum absolute atomic E-state index is 10.7. The van der Waals surface area contributed by atoms with Crippen LogP contribution in [0.15, 0.2) is 35.5 Å². The molecule has 4 aliphatic rings. The summed E-state index contributed by atoms with van der Waals surface area (Å²) in [6.07, 6.45) is 13.1. The summed E-state index contributed by atoms with van der Waals surface area (Å²) in [5, 5.41) is 31.0. The Morgan fingerprint density at radius 2 is 1.82 bits per heavy atom. The van der Waals surface area contributed by atoms with E-state index < -0.39 is 17.8 Å². The van der Waals surface area contributed by atoms with Crippen molar-refractivity contribution in [2.75, 3.05) is 13.1 Å². The lowest BCUT2D eigenvalue weighted by molar-refractivity contribution is -0.0143.